The topological polar surface area (TPSA) is 88.8 Å². The number of benzene rings is 2. The number of carbonyl (C=O) groups excluding carboxylic acids is 1. The molecule has 0 aliphatic heterocycles. The molecule has 3 rings (SSSR count). The van der Waals surface area contributed by atoms with Crippen LogP contribution in [0.3, 0.4) is 0 Å². The average molecular weight is 421 g/mol. The minimum atomic E-state index is -5.36. The lowest BCUT2D eigenvalue weighted by atomic mass is 9.92. The number of esters is 1. The second kappa shape index (κ2) is 7.83. The van der Waals surface area contributed by atoms with E-state index < -0.39 is 29.3 Å². The molecule has 2 aromatic carbocycles. The molecule has 0 aliphatic rings. The highest BCUT2D eigenvalue weighted by Crippen LogP contribution is 2.43. The van der Waals surface area contributed by atoms with E-state index in [9.17, 15) is 33.0 Å². The van der Waals surface area contributed by atoms with Crippen molar-refractivity contribution >= 4 is 22.8 Å². The molecule has 1 atom stereocenters. The van der Waals surface area contributed by atoms with Crippen LogP contribution in [0.4, 0.5) is 13.2 Å². The standard InChI is InChI=1S/C21H18F3NO5/c1-2-30-19(28)20(29,21(22,23)24)16-12-25(11-13-6-4-3-5-7-13)17-10-14(18(26)27)8-9-15(16)17/h3-10,12,29H,2,11H2,1H3,(H,26,27). The number of fused-ring (bicyclic) bond motifs is 1. The molecule has 3 aromatic rings. The summed E-state index contributed by atoms with van der Waals surface area (Å²) in [5, 5.41) is 19.7. The van der Waals surface area contributed by atoms with Crippen LogP contribution in [0.25, 0.3) is 10.9 Å². The largest absolute Gasteiger partial charge is 0.478 e. The minimum absolute atomic E-state index is 0.0944. The van der Waals surface area contributed by atoms with E-state index in [-0.39, 0.29) is 29.6 Å². The number of hydrogen-bond donors (Lipinski definition) is 2. The first-order valence-electron chi connectivity index (χ1n) is 8.96. The van der Waals surface area contributed by atoms with Gasteiger partial charge in [-0.1, -0.05) is 36.4 Å². The number of hydrogen-bond acceptors (Lipinski definition) is 4. The summed E-state index contributed by atoms with van der Waals surface area (Å²) in [6, 6.07) is 12.2. The van der Waals surface area contributed by atoms with Crippen molar-refractivity contribution in [2.24, 2.45) is 0 Å². The molecular weight excluding hydrogens is 403 g/mol. The summed E-state index contributed by atoms with van der Waals surface area (Å²) in [5.41, 5.74) is -3.92. The summed E-state index contributed by atoms with van der Waals surface area (Å²) in [6.45, 7) is 1.06. The Labute approximate surface area is 169 Å². The third kappa shape index (κ3) is 3.63. The minimum Gasteiger partial charge on any atom is -0.478 e. The first kappa shape index (κ1) is 21.4. The molecule has 6 nitrogen and oxygen atoms in total. The van der Waals surface area contributed by atoms with Crippen LogP contribution in [0.5, 0.6) is 0 Å². The summed E-state index contributed by atoms with van der Waals surface area (Å²) >= 11 is 0. The molecule has 158 valence electrons. The van der Waals surface area contributed by atoms with E-state index >= 15 is 0 Å². The summed E-state index contributed by atoms with van der Waals surface area (Å²) in [5.74, 6) is -3.11. The first-order chi connectivity index (χ1) is 14.1. The highest BCUT2D eigenvalue weighted by Gasteiger charge is 2.63. The average Bonchev–Trinajstić information content (AvgIpc) is 3.05. The third-order valence-electron chi connectivity index (χ3n) is 4.70. The zero-order valence-corrected chi connectivity index (χ0v) is 15.8. The summed E-state index contributed by atoms with van der Waals surface area (Å²) in [4.78, 5) is 23.6. The second-order valence-corrected chi connectivity index (χ2v) is 6.62. The van der Waals surface area contributed by atoms with Gasteiger partial charge < -0.3 is 19.5 Å². The van der Waals surface area contributed by atoms with Gasteiger partial charge in [-0.25, -0.2) is 9.59 Å². The Balaban J connectivity index is 2.28. The number of nitrogens with zero attached hydrogens (tertiary/aromatic N) is 1. The maximum atomic E-state index is 13.9. The van der Waals surface area contributed by atoms with Crippen LogP contribution in [-0.2, 0) is 21.7 Å². The van der Waals surface area contributed by atoms with Crippen molar-refractivity contribution in [2.75, 3.05) is 6.61 Å². The number of carboxylic acid groups (broad SMARTS) is 1. The van der Waals surface area contributed by atoms with Gasteiger partial charge >= 0.3 is 18.1 Å². The van der Waals surface area contributed by atoms with Gasteiger partial charge in [0, 0.05) is 29.2 Å². The Bertz CT molecular complexity index is 1090. The van der Waals surface area contributed by atoms with E-state index in [1.165, 1.54) is 17.6 Å². The van der Waals surface area contributed by atoms with Gasteiger partial charge in [0.2, 0.25) is 0 Å². The van der Waals surface area contributed by atoms with E-state index in [4.69, 9.17) is 0 Å². The van der Waals surface area contributed by atoms with Crippen LogP contribution in [-0.4, -0.2) is 39.5 Å². The molecular formula is C21H18F3NO5. The molecule has 0 saturated heterocycles. The fraction of sp³-hybridized carbons (Fsp3) is 0.238. The lowest BCUT2D eigenvalue weighted by molar-refractivity contribution is -0.267. The molecule has 0 spiro atoms. The van der Waals surface area contributed by atoms with Crippen LogP contribution >= 0.6 is 0 Å². The van der Waals surface area contributed by atoms with Crippen molar-refractivity contribution in [3.05, 3.63) is 71.4 Å². The molecule has 9 heteroatoms. The van der Waals surface area contributed by atoms with Gasteiger partial charge in [0.15, 0.2) is 0 Å². The number of rotatable bonds is 6. The maximum Gasteiger partial charge on any atom is 0.432 e. The van der Waals surface area contributed by atoms with E-state index in [0.717, 1.165) is 23.9 Å². The smallest absolute Gasteiger partial charge is 0.432 e. The van der Waals surface area contributed by atoms with Crippen molar-refractivity contribution in [3.63, 3.8) is 0 Å². The molecule has 1 heterocycles. The molecule has 0 bridgehead atoms. The molecule has 1 unspecified atom stereocenters. The van der Waals surface area contributed by atoms with Crippen molar-refractivity contribution < 1.29 is 37.7 Å². The predicted octanol–water partition coefficient (Wildman–Crippen LogP) is 3.70. The van der Waals surface area contributed by atoms with Crippen LogP contribution in [0, 0.1) is 0 Å². The van der Waals surface area contributed by atoms with Gasteiger partial charge in [0.1, 0.15) is 0 Å². The lowest BCUT2D eigenvalue weighted by Crippen LogP contribution is -2.50. The molecule has 0 saturated carbocycles. The number of ether oxygens (including phenoxy) is 1. The van der Waals surface area contributed by atoms with Crippen LogP contribution in [0.1, 0.15) is 28.4 Å². The molecule has 0 amide bonds. The van der Waals surface area contributed by atoms with E-state index in [1.54, 1.807) is 30.3 Å². The molecule has 30 heavy (non-hydrogen) atoms. The predicted molar refractivity (Wildman–Crippen MR) is 101 cm³/mol. The number of aromatic nitrogens is 1. The number of aromatic carboxylic acids is 1. The maximum absolute atomic E-state index is 13.9. The van der Waals surface area contributed by atoms with Crippen molar-refractivity contribution in [3.8, 4) is 0 Å². The number of carbonyl (C=O) groups is 2. The lowest BCUT2D eigenvalue weighted by Gasteiger charge is -2.27. The molecule has 0 aliphatic carbocycles. The van der Waals surface area contributed by atoms with Crippen LogP contribution in [0.2, 0.25) is 0 Å². The summed E-state index contributed by atoms with van der Waals surface area (Å²) < 4.78 is 47.5. The number of alkyl halides is 3. The van der Waals surface area contributed by atoms with Crippen molar-refractivity contribution in [1.29, 1.82) is 0 Å². The fourth-order valence-corrected chi connectivity index (χ4v) is 3.24. The van der Waals surface area contributed by atoms with Gasteiger partial charge in [-0.05, 0) is 24.6 Å². The van der Waals surface area contributed by atoms with Gasteiger partial charge in [0.25, 0.3) is 5.60 Å². The van der Waals surface area contributed by atoms with Crippen LogP contribution < -0.4 is 0 Å². The monoisotopic (exact) mass is 421 g/mol. The Morgan fingerprint density at radius 1 is 1.10 bits per heavy atom. The van der Waals surface area contributed by atoms with Gasteiger partial charge in [-0.2, -0.15) is 13.2 Å². The van der Waals surface area contributed by atoms with E-state index in [2.05, 4.69) is 4.74 Å². The number of aliphatic hydroxyl groups is 1. The molecule has 2 N–H and O–H groups in total. The summed E-state index contributed by atoms with van der Waals surface area (Å²) in [6.07, 6.45) is -4.36. The molecule has 0 radical (unpaired) electrons. The highest BCUT2D eigenvalue weighted by atomic mass is 19.4. The zero-order chi connectivity index (χ0) is 22.1. The van der Waals surface area contributed by atoms with E-state index in [0.29, 0.717) is 0 Å². The zero-order valence-electron chi connectivity index (χ0n) is 15.8. The Morgan fingerprint density at radius 3 is 2.33 bits per heavy atom. The van der Waals surface area contributed by atoms with Crippen molar-refractivity contribution in [2.45, 2.75) is 25.2 Å². The quantitative estimate of drug-likeness (QED) is 0.593. The third-order valence-corrected chi connectivity index (χ3v) is 4.70. The highest BCUT2D eigenvalue weighted by molar-refractivity contribution is 5.97. The van der Waals surface area contributed by atoms with E-state index in [1.807, 2.05) is 0 Å². The Hall–Kier alpha value is -3.33. The van der Waals surface area contributed by atoms with Crippen molar-refractivity contribution in [1.82, 2.24) is 4.57 Å². The van der Waals surface area contributed by atoms with Gasteiger partial charge in [0.05, 0.1) is 12.2 Å². The number of carboxylic acids is 1. The fourth-order valence-electron chi connectivity index (χ4n) is 3.24. The SMILES string of the molecule is CCOC(=O)C(O)(c1cn(Cc2ccccc2)c2cc(C(=O)O)ccc12)C(F)(F)F. The first-order valence-corrected chi connectivity index (χ1v) is 8.96. The molecule has 0 fully saturated rings. The molecule has 1 aromatic heterocycles. The second-order valence-electron chi connectivity index (χ2n) is 6.62. The Kier molecular flexibility index (Phi) is 5.58. The number of halogens is 3. The summed E-state index contributed by atoms with van der Waals surface area (Å²) in [7, 11) is 0. The Morgan fingerprint density at radius 2 is 1.77 bits per heavy atom. The van der Waals surface area contributed by atoms with Gasteiger partial charge in [-0.3, -0.25) is 0 Å². The van der Waals surface area contributed by atoms with Crippen LogP contribution in [0.15, 0.2) is 54.7 Å². The normalized spacial score (nSPS) is 13.8. The van der Waals surface area contributed by atoms with Gasteiger partial charge in [-0.15, -0.1) is 0 Å².